The van der Waals surface area contributed by atoms with Crippen molar-refractivity contribution < 1.29 is 14.6 Å². The Balaban J connectivity index is 1.69. The number of aromatic nitrogens is 1. The van der Waals surface area contributed by atoms with Crippen molar-refractivity contribution >= 4 is 16.8 Å². The van der Waals surface area contributed by atoms with Crippen molar-refractivity contribution in [1.29, 1.82) is 0 Å². The fourth-order valence-corrected chi connectivity index (χ4v) is 5.28. The van der Waals surface area contributed by atoms with Gasteiger partial charge in [-0.1, -0.05) is 26.8 Å². The number of aliphatic hydroxyl groups is 1. The zero-order valence-electron chi connectivity index (χ0n) is 20.8. The highest BCUT2D eigenvalue weighted by atomic mass is 16.5. The molecule has 1 saturated heterocycles. The maximum absolute atomic E-state index is 12.1. The van der Waals surface area contributed by atoms with Crippen molar-refractivity contribution in [2.45, 2.75) is 77.4 Å². The number of amides is 1. The summed E-state index contributed by atoms with van der Waals surface area (Å²) in [6, 6.07) is 6.36. The number of fused-ring (bicyclic) bond motifs is 1. The number of piperidine rings is 1. The molecule has 1 aliphatic rings. The second kappa shape index (κ2) is 12.0. The van der Waals surface area contributed by atoms with Gasteiger partial charge < -0.3 is 25.5 Å². The number of aromatic amines is 1. The molecule has 4 unspecified atom stereocenters. The molecule has 2 aromatic rings. The zero-order valence-corrected chi connectivity index (χ0v) is 20.8. The van der Waals surface area contributed by atoms with Crippen LogP contribution < -0.4 is 5.73 Å². The van der Waals surface area contributed by atoms with Crippen LogP contribution in [0.25, 0.3) is 10.9 Å². The van der Waals surface area contributed by atoms with E-state index >= 15 is 0 Å². The van der Waals surface area contributed by atoms with Gasteiger partial charge in [-0.3, -0.25) is 4.79 Å². The van der Waals surface area contributed by atoms with Crippen LogP contribution in [0.1, 0.15) is 69.9 Å². The Morgan fingerprint density at radius 1 is 1.24 bits per heavy atom. The summed E-state index contributed by atoms with van der Waals surface area (Å²) in [6.07, 6.45) is 6.69. The number of ether oxygens (including phenoxy) is 1. The first kappa shape index (κ1) is 25.7. The molecule has 1 amide bonds. The van der Waals surface area contributed by atoms with E-state index in [9.17, 15) is 9.90 Å². The lowest BCUT2D eigenvalue weighted by molar-refractivity contribution is -0.135. The topological polar surface area (TPSA) is 91.6 Å². The highest BCUT2D eigenvalue weighted by molar-refractivity contribution is 5.84. The molecular formula is C27H43N3O3. The Bertz CT molecular complexity index is 894. The van der Waals surface area contributed by atoms with Gasteiger partial charge >= 0.3 is 0 Å². The van der Waals surface area contributed by atoms with E-state index in [0.717, 1.165) is 50.8 Å². The molecule has 6 nitrogen and oxygen atoms in total. The minimum atomic E-state index is -0.694. The van der Waals surface area contributed by atoms with Crippen LogP contribution in [0.5, 0.6) is 0 Å². The number of β-amino-alcohol motifs (C(OH)–C–C–N with tert-alkyl or cyclic N) is 1. The normalized spacial score (nSPS) is 18.6. The lowest BCUT2D eigenvalue weighted by Crippen LogP contribution is -2.48. The molecule has 1 aliphatic heterocycles. The van der Waals surface area contributed by atoms with E-state index in [4.69, 9.17) is 10.5 Å². The molecule has 0 bridgehead atoms. The van der Waals surface area contributed by atoms with E-state index < -0.39 is 6.10 Å². The van der Waals surface area contributed by atoms with Crippen molar-refractivity contribution in [1.82, 2.24) is 9.88 Å². The van der Waals surface area contributed by atoms with Crippen molar-refractivity contribution in [3.05, 3.63) is 35.5 Å². The maximum atomic E-state index is 12.1. The predicted molar refractivity (Wildman–Crippen MR) is 134 cm³/mol. The quantitative estimate of drug-likeness (QED) is 0.416. The first-order valence-corrected chi connectivity index (χ1v) is 12.6. The maximum Gasteiger partial charge on any atom is 0.222 e. The molecule has 0 saturated carbocycles. The van der Waals surface area contributed by atoms with Crippen molar-refractivity contribution in [2.75, 3.05) is 26.8 Å². The molecule has 2 heterocycles. The van der Waals surface area contributed by atoms with Gasteiger partial charge in [-0.25, -0.2) is 0 Å². The van der Waals surface area contributed by atoms with Crippen LogP contribution in [0.2, 0.25) is 0 Å². The molecule has 1 aromatic carbocycles. The van der Waals surface area contributed by atoms with Gasteiger partial charge in [0.2, 0.25) is 5.91 Å². The number of benzene rings is 1. The average molecular weight is 458 g/mol. The van der Waals surface area contributed by atoms with E-state index in [2.05, 4.69) is 50.2 Å². The number of nitrogens with one attached hydrogen (secondary N) is 1. The molecule has 6 heteroatoms. The van der Waals surface area contributed by atoms with E-state index in [0.29, 0.717) is 30.7 Å². The Hall–Kier alpha value is -1.89. The summed E-state index contributed by atoms with van der Waals surface area (Å²) in [5.74, 6) is 1.21. The van der Waals surface area contributed by atoms with Crippen LogP contribution in [0.15, 0.2) is 24.4 Å². The van der Waals surface area contributed by atoms with Gasteiger partial charge in [-0.05, 0) is 73.1 Å². The second-order valence-corrected chi connectivity index (χ2v) is 10.2. The van der Waals surface area contributed by atoms with Gasteiger partial charge in [0.25, 0.3) is 0 Å². The Morgan fingerprint density at radius 2 is 2.03 bits per heavy atom. The molecule has 1 fully saturated rings. The number of hydrogen-bond acceptors (Lipinski definition) is 4. The number of H-pyrrole nitrogens is 1. The Kier molecular flexibility index (Phi) is 9.36. The number of likely N-dealkylation sites (tertiary alicyclic amines) is 1. The smallest absolute Gasteiger partial charge is 0.222 e. The number of carbonyl (C=O) groups excluding carboxylic acids is 1. The van der Waals surface area contributed by atoms with Crippen LogP contribution >= 0.6 is 0 Å². The molecule has 184 valence electrons. The Morgan fingerprint density at radius 3 is 2.73 bits per heavy atom. The van der Waals surface area contributed by atoms with Crippen LogP contribution in [-0.4, -0.2) is 59.8 Å². The molecule has 3 rings (SSSR count). The standard InChI is InChI=1S/C27H43N3O3/c1-18(2)22(15-24(28)26(31)17-30-12-6-5-9-27(30)32)19(3)20-10-11-25-23(14-20)21(16-29-25)8-7-13-33-4/h10-11,14,16,18-19,22,24,26,29,31H,5-9,12-13,15,17,28H2,1-4H3. The third-order valence-corrected chi connectivity index (χ3v) is 7.48. The number of nitrogens with zero attached hydrogens (tertiary/aromatic N) is 1. The summed E-state index contributed by atoms with van der Waals surface area (Å²) in [5, 5.41) is 12.1. The summed E-state index contributed by atoms with van der Waals surface area (Å²) in [7, 11) is 1.74. The van der Waals surface area contributed by atoms with Gasteiger partial charge in [0.05, 0.1) is 6.10 Å². The van der Waals surface area contributed by atoms with Gasteiger partial charge in [0.1, 0.15) is 0 Å². The van der Waals surface area contributed by atoms with Crippen molar-refractivity contribution in [3.8, 4) is 0 Å². The van der Waals surface area contributed by atoms with Crippen LogP contribution in [0.4, 0.5) is 0 Å². The number of nitrogens with two attached hydrogens (primary N) is 1. The molecule has 0 aliphatic carbocycles. The monoisotopic (exact) mass is 457 g/mol. The summed E-state index contributed by atoms with van der Waals surface area (Å²) in [4.78, 5) is 17.3. The number of methoxy groups -OCH3 is 1. The van der Waals surface area contributed by atoms with Gasteiger partial charge in [0.15, 0.2) is 0 Å². The third kappa shape index (κ3) is 6.58. The molecule has 4 atom stereocenters. The lowest BCUT2D eigenvalue weighted by Gasteiger charge is -2.34. The summed E-state index contributed by atoms with van der Waals surface area (Å²) in [5.41, 5.74) is 10.3. The SMILES string of the molecule is COCCCc1c[nH]c2ccc(C(C)C(CC(N)C(O)CN3CCCCC3=O)C(C)C)cc12. The highest BCUT2D eigenvalue weighted by Crippen LogP contribution is 2.35. The molecular weight excluding hydrogens is 414 g/mol. The molecule has 4 N–H and O–H groups in total. The van der Waals surface area contributed by atoms with E-state index in [1.807, 2.05) is 0 Å². The third-order valence-electron chi connectivity index (χ3n) is 7.48. The largest absolute Gasteiger partial charge is 0.390 e. The first-order valence-electron chi connectivity index (χ1n) is 12.6. The van der Waals surface area contributed by atoms with Crippen LogP contribution in [-0.2, 0) is 16.0 Å². The van der Waals surface area contributed by atoms with Gasteiger partial charge in [-0.2, -0.15) is 0 Å². The highest BCUT2D eigenvalue weighted by Gasteiger charge is 2.29. The number of rotatable bonds is 12. The van der Waals surface area contributed by atoms with E-state index in [1.54, 1.807) is 12.0 Å². The summed E-state index contributed by atoms with van der Waals surface area (Å²) >= 11 is 0. The number of aryl methyl sites for hydroxylation is 1. The summed E-state index contributed by atoms with van der Waals surface area (Å²) < 4.78 is 5.22. The second-order valence-electron chi connectivity index (χ2n) is 10.2. The average Bonchev–Trinajstić information content (AvgIpc) is 3.20. The first-order chi connectivity index (χ1) is 15.8. The van der Waals surface area contributed by atoms with Gasteiger partial charge in [-0.15, -0.1) is 0 Å². The molecule has 0 spiro atoms. The molecule has 1 aromatic heterocycles. The van der Waals surface area contributed by atoms with Crippen LogP contribution in [0, 0.1) is 11.8 Å². The minimum Gasteiger partial charge on any atom is -0.390 e. The molecule has 33 heavy (non-hydrogen) atoms. The van der Waals surface area contributed by atoms with Crippen molar-refractivity contribution in [3.63, 3.8) is 0 Å². The minimum absolute atomic E-state index is 0.141. The van der Waals surface area contributed by atoms with Gasteiger partial charge in [0, 0.05) is 56.4 Å². The zero-order chi connectivity index (χ0) is 24.0. The van der Waals surface area contributed by atoms with Crippen molar-refractivity contribution in [2.24, 2.45) is 17.6 Å². The summed E-state index contributed by atoms with van der Waals surface area (Å²) in [6.45, 7) is 8.59. The fraction of sp³-hybridized carbons (Fsp3) is 0.667. The predicted octanol–water partition coefficient (Wildman–Crippen LogP) is 4.21. The lowest BCUT2D eigenvalue weighted by atomic mass is 9.76. The number of carbonyl (C=O) groups is 1. The fourth-order valence-electron chi connectivity index (χ4n) is 5.28. The van der Waals surface area contributed by atoms with Crippen LogP contribution in [0.3, 0.4) is 0 Å². The van der Waals surface area contributed by atoms with E-state index in [1.165, 1.54) is 16.5 Å². The number of aliphatic hydroxyl groups excluding tert-OH is 1. The molecule has 0 radical (unpaired) electrons. The van der Waals surface area contributed by atoms with E-state index in [-0.39, 0.29) is 11.9 Å². The number of hydrogen-bond donors (Lipinski definition) is 3. The Labute approximate surface area is 198 Å².